The Hall–Kier alpha value is -0.0400. The van der Waals surface area contributed by atoms with Gasteiger partial charge in [0.1, 0.15) is 0 Å². The van der Waals surface area contributed by atoms with Gasteiger partial charge in [0.15, 0.2) is 0 Å². The SMILES string of the molecule is CCC(C)=CCCC(=CCBr)CC. The summed E-state index contributed by atoms with van der Waals surface area (Å²) in [5.74, 6) is 0. The van der Waals surface area contributed by atoms with Crippen LogP contribution in [0.25, 0.3) is 0 Å². The van der Waals surface area contributed by atoms with Crippen LogP contribution in [0, 0.1) is 0 Å². The highest BCUT2D eigenvalue weighted by molar-refractivity contribution is 9.09. The van der Waals surface area contributed by atoms with E-state index >= 15 is 0 Å². The molecule has 0 saturated heterocycles. The lowest BCUT2D eigenvalue weighted by atomic mass is 10.1. The Morgan fingerprint density at radius 1 is 1.15 bits per heavy atom. The molecule has 0 aromatic rings. The maximum Gasteiger partial charge on any atom is 0.0214 e. The molecule has 0 aromatic carbocycles. The van der Waals surface area contributed by atoms with Crippen LogP contribution in [0.15, 0.2) is 23.3 Å². The van der Waals surface area contributed by atoms with Crippen LogP contribution in [0.3, 0.4) is 0 Å². The van der Waals surface area contributed by atoms with Gasteiger partial charge < -0.3 is 0 Å². The highest BCUT2D eigenvalue weighted by Crippen LogP contribution is 2.12. The first-order valence-corrected chi connectivity index (χ1v) is 6.26. The molecule has 0 spiro atoms. The van der Waals surface area contributed by atoms with Crippen molar-refractivity contribution in [1.29, 1.82) is 0 Å². The fourth-order valence-corrected chi connectivity index (χ4v) is 1.64. The minimum atomic E-state index is 0.993. The number of hydrogen-bond acceptors (Lipinski definition) is 0. The van der Waals surface area contributed by atoms with Crippen LogP contribution < -0.4 is 0 Å². The second-order valence-corrected chi connectivity index (χ2v) is 3.96. The van der Waals surface area contributed by atoms with Crippen LogP contribution in [-0.4, -0.2) is 5.33 Å². The third-order valence-corrected chi connectivity index (χ3v) is 2.66. The van der Waals surface area contributed by atoms with Gasteiger partial charge in [-0.1, -0.05) is 53.1 Å². The van der Waals surface area contributed by atoms with Crippen LogP contribution in [0.2, 0.25) is 0 Å². The minimum Gasteiger partial charge on any atom is -0.0883 e. The lowest BCUT2D eigenvalue weighted by molar-refractivity contribution is 0.893. The summed E-state index contributed by atoms with van der Waals surface area (Å²) in [6.07, 6.45) is 9.44. The molecule has 0 rings (SSSR count). The highest BCUT2D eigenvalue weighted by atomic mass is 79.9. The fourth-order valence-electron chi connectivity index (χ4n) is 1.18. The Morgan fingerprint density at radius 2 is 1.85 bits per heavy atom. The van der Waals surface area contributed by atoms with E-state index in [4.69, 9.17) is 0 Å². The quantitative estimate of drug-likeness (QED) is 0.463. The van der Waals surface area contributed by atoms with Crippen molar-refractivity contribution in [1.82, 2.24) is 0 Å². The van der Waals surface area contributed by atoms with E-state index in [-0.39, 0.29) is 0 Å². The molecule has 0 aliphatic heterocycles. The second kappa shape index (κ2) is 8.55. The summed E-state index contributed by atoms with van der Waals surface area (Å²) in [4.78, 5) is 0. The topological polar surface area (TPSA) is 0 Å². The zero-order valence-electron chi connectivity index (χ0n) is 9.07. The summed E-state index contributed by atoms with van der Waals surface area (Å²) in [6.45, 7) is 6.64. The van der Waals surface area contributed by atoms with Gasteiger partial charge >= 0.3 is 0 Å². The zero-order chi connectivity index (χ0) is 10.1. The molecule has 76 valence electrons. The van der Waals surface area contributed by atoms with Gasteiger partial charge in [0, 0.05) is 5.33 Å². The lowest BCUT2D eigenvalue weighted by Gasteiger charge is -2.01. The molecule has 0 unspecified atom stereocenters. The molecule has 0 atom stereocenters. The van der Waals surface area contributed by atoms with Crippen molar-refractivity contribution < 1.29 is 0 Å². The van der Waals surface area contributed by atoms with Crippen molar-refractivity contribution in [3.8, 4) is 0 Å². The van der Waals surface area contributed by atoms with Gasteiger partial charge in [0.2, 0.25) is 0 Å². The minimum absolute atomic E-state index is 0.993. The van der Waals surface area contributed by atoms with E-state index in [0.717, 1.165) is 5.33 Å². The number of hydrogen-bond donors (Lipinski definition) is 0. The first-order valence-electron chi connectivity index (χ1n) is 5.14. The molecule has 0 fully saturated rings. The van der Waals surface area contributed by atoms with Crippen molar-refractivity contribution in [2.75, 3.05) is 5.33 Å². The van der Waals surface area contributed by atoms with E-state index in [1.165, 1.54) is 31.3 Å². The molecule has 0 heterocycles. The highest BCUT2D eigenvalue weighted by Gasteiger charge is 1.92. The number of rotatable bonds is 6. The van der Waals surface area contributed by atoms with Gasteiger partial charge in [-0.2, -0.15) is 0 Å². The summed E-state index contributed by atoms with van der Waals surface area (Å²) in [5.41, 5.74) is 3.08. The molecule has 0 N–H and O–H groups in total. The van der Waals surface area contributed by atoms with Crippen LogP contribution in [0.1, 0.15) is 46.5 Å². The van der Waals surface area contributed by atoms with Gasteiger partial charge in [-0.3, -0.25) is 0 Å². The van der Waals surface area contributed by atoms with Crippen molar-refractivity contribution in [3.05, 3.63) is 23.3 Å². The molecule has 0 bridgehead atoms. The molecular weight excluding hydrogens is 224 g/mol. The molecular formula is C12H21Br. The maximum atomic E-state index is 3.43. The molecule has 1 heteroatoms. The Labute approximate surface area is 91.2 Å². The summed E-state index contributed by atoms with van der Waals surface area (Å²) >= 11 is 3.43. The number of alkyl halides is 1. The lowest BCUT2D eigenvalue weighted by Crippen LogP contribution is -1.82. The first-order chi connectivity index (χ1) is 6.24. The van der Waals surface area contributed by atoms with Gasteiger partial charge in [-0.15, -0.1) is 0 Å². The largest absolute Gasteiger partial charge is 0.0883 e. The van der Waals surface area contributed by atoms with Crippen LogP contribution in [0.5, 0.6) is 0 Å². The zero-order valence-corrected chi connectivity index (χ0v) is 10.7. The number of halogens is 1. The predicted molar refractivity (Wildman–Crippen MR) is 65.5 cm³/mol. The third-order valence-electron chi connectivity index (χ3n) is 2.34. The Kier molecular flexibility index (Phi) is 8.53. The third kappa shape index (κ3) is 7.06. The second-order valence-electron chi connectivity index (χ2n) is 3.31. The van der Waals surface area contributed by atoms with E-state index in [9.17, 15) is 0 Å². The average Bonchev–Trinajstić information content (AvgIpc) is 2.16. The summed E-state index contributed by atoms with van der Waals surface area (Å²) in [7, 11) is 0. The molecule has 0 aliphatic carbocycles. The van der Waals surface area contributed by atoms with Gasteiger partial charge in [-0.25, -0.2) is 0 Å². The average molecular weight is 245 g/mol. The molecule has 0 nitrogen and oxygen atoms in total. The monoisotopic (exact) mass is 244 g/mol. The first kappa shape index (κ1) is 13.0. The Bertz CT molecular complexity index is 178. The van der Waals surface area contributed by atoms with Crippen LogP contribution in [-0.2, 0) is 0 Å². The van der Waals surface area contributed by atoms with Crippen molar-refractivity contribution in [2.24, 2.45) is 0 Å². The smallest absolute Gasteiger partial charge is 0.0214 e. The van der Waals surface area contributed by atoms with Crippen molar-refractivity contribution in [3.63, 3.8) is 0 Å². The van der Waals surface area contributed by atoms with Crippen molar-refractivity contribution in [2.45, 2.75) is 46.5 Å². The summed E-state index contributed by atoms with van der Waals surface area (Å²) in [5, 5.41) is 0.993. The maximum absolute atomic E-state index is 3.43. The molecule has 13 heavy (non-hydrogen) atoms. The molecule has 0 aliphatic rings. The molecule has 0 radical (unpaired) electrons. The molecule has 0 saturated carbocycles. The Morgan fingerprint density at radius 3 is 2.31 bits per heavy atom. The van der Waals surface area contributed by atoms with E-state index < -0.39 is 0 Å². The Balaban J connectivity index is 3.79. The standard InChI is InChI=1S/C12H21Br/c1-4-11(3)7-6-8-12(5-2)9-10-13/h7,9H,4-6,8,10H2,1-3H3. The van der Waals surface area contributed by atoms with Crippen LogP contribution >= 0.6 is 15.9 Å². The van der Waals surface area contributed by atoms with Gasteiger partial charge in [0.25, 0.3) is 0 Å². The van der Waals surface area contributed by atoms with Crippen LogP contribution in [0.4, 0.5) is 0 Å². The van der Waals surface area contributed by atoms with E-state index in [1.807, 2.05) is 0 Å². The number of allylic oxidation sites excluding steroid dienone is 4. The van der Waals surface area contributed by atoms with E-state index in [1.54, 1.807) is 5.57 Å². The van der Waals surface area contributed by atoms with Gasteiger partial charge in [-0.05, 0) is 32.6 Å². The normalized spacial score (nSPS) is 13.5. The molecule has 0 aromatic heterocycles. The molecule has 0 amide bonds. The summed E-state index contributed by atoms with van der Waals surface area (Å²) in [6, 6.07) is 0. The van der Waals surface area contributed by atoms with Crippen molar-refractivity contribution >= 4 is 15.9 Å². The van der Waals surface area contributed by atoms with Gasteiger partial charge in [0.05, 0.1) is 0 Å². The fraction of sp³-hybridized carbons (Fsp3) is 0.667. The van der Waals surface area contributed by atoms with E-state index in [2.05, 4.69) is 48.9 Å². The summed E-state index contributed by atoms with van der Waals surface area (Å²) < 4.78 is 0. The van der Waals surface area contributed by atoms with E-state index in [0.29, 0.717) is 0 Å². The predicted octanol–water partition coefficient (Wildman–Crippen LogP) is 4.85.